The molecule has 0 aliphatic carbocycles. The third-order valence-electron chi connectivity index (χ3n) is 1.71. The van der Waals surface area contributed by atoms with Crippen molar-refractivity contribution in [2.24, 2.45) is 4.01 Å². The minimum absolute atomic E-state index is 0.275. The zero-order chi connectivity index (χ0) is 11.9. The molecule has 0 saturated carbocycles. The predicted molar refractivity (Wildman–Crippen MR) is 46.4 cm³/mol. The minimum atomic E-state index is -2.17. The molecule has 0 N–H and O–H groups in total. The van der Waals surface area contributed by atoms with Crippen molar-refractivity contribution in [3.8, 4) is 0 Å². The Morgan fingerprint density at radius 2 is 1.19 bits per heavy atom. The van der Waals surface area contributed by atoms with E-state index in [0.717, 1.165) is 0 Å². The molecule has 2 nitrogen and oxygen atoms in total. The van der Waals surface area contributed by atoms with Gasteiger partial charge in [0, 0.05) is 0 Å². The molecule has 1 aromatic carbocycles. The second-order valence-corrected chi connectivity index (χ2v) is 7.24. The van der Waals surface area contributed by atoms with E-state index < -0.39 is 34.6 Å². The van der Waals surface area contributed by atoms with E-state index in [2.05, 4.69) is 8.34 Å². The van der Waals surface area contributed by atoms with E-state index >= 15 is 0 Å². The maximum atomic E-state index is 13.2. The zero-order valence-corrected chi connectivity index (χ0v) is 10.5. The van der Waals surface area contributed by atoms with E-state index in [1.165, 1.54) is 0 Å². The topological polar surface area (TPSA) is 26.5 Å². The Bertz CT molecular complexity index is 461. The number of hydrogen-bond acceptors (Lipinski definition) is 1. The van der Waals surface area contributed by atoms with Gasteiger partial charge in [-0.3, -0.25) is 0 Å². The van der Waals surface area contributed by atoms with Crippen LogP contribution in [0.2, 0.25) is 0 Å². The third-order valence-corrected chi connectivity index (χ3v) is 5.24. The quantitative estimate of drug-likeness (QED) is 0.306. The number of rotatable bonds is 1. The Kier molecular flexibility index (Phi) is 3.21. The fourth-order valence-corrected chi connectivity index (χ4v) is 4.53. The molecular weight excluding hydrogens is 365 g/mol. The summed E-state index contributed by atoms with van der Waals surface area (Å²) in [6.07, 6.45) is 0. The van der Waals surface area contributed by atoms with Crippen molar-refractivity contribution in [1.82, 2.24) is 4.33 Å². The summed E-state index contributed by atoms with van der Waals surface area (Å²) in [6.45, 7) is 0. The number of amidine groups is 1. The van der Waals surface area contributed by atoms with Crippen LogP contribution in [-0.4, -0.2) is 32.5 Å². The normalized spacial score (nSPS) is 14.9. The summed E-state index contributed by atoms with van der Waals surface area (Å²) in [5.41, 5.74) is -1.03. The van der Waals surface area contributed by atoms with Crippen LogP contribution in [0.15, 0.2) is 4.01 Å². The van der Waals surface area contributed by atoms with Crippen LogP contribution in [-0.2, 0) is 0 Å². The van der Waals surface area contributed by atoms with Crippen molar-refractivity contribution < 1.29 is 22.0 Å². The average molecular weight is 365 g/mol. The van der Waals surface area contributed by atoms with Crippen LogP contribution in [0, 0.1) is 29.1 Å². The molecule has 0 fully saturated rings. The van der Waals surface area contributed by atoms with Gasteiger partial charge in [0.25, 0.3) is 0 Å². The molecule has 16 heavy (non-hydrogen) atoms. The van der Waals surface area contributed by atoms with Gasteiger partial charge in [0.15, 0.2) is 0 Å². The van der Waals surface area contributed by atoms with Crippen molar-refractivity contribution in [1.29, 1.82) is 0 Å². The standard InChI is InChI=1S/C7F5N2Se2/c8-2-1(7-13-15-16-14-7)3(9)5(11)6(12)4(2)10. The van der Waals surface area contributed by atoms with E-state index in [4.69, 9.17) is 0 Å². The molecule has 1 aromatic rings. The van der Waals surface area contributed by atoms with Crippen LogP contribution < -0.4 is 4.33 Å². The van der Waals surface area contributed by atoms with E-state index in [1.54, 1.807) is 0 Å². The summed E-state index contributed by atoms with van der Waals surface area (Å²) in [7, 11) is 0. The van der Waals surface area contributed by atoms with Crippen LogP contribution in [0.3, 0.4) is 0 Å². The zero-order valence-electron chi connectivity index (χ0n) is 7.10. The van der Waals surface area contributed by atoms with Crippen LogP contribution in [0.4, 0.5) is 22.0 Å². The van der Waals surface area contributed by atoms with Crippen LogP contribution >= 0.6 is 0 Å². The van der Waals surface area contributed by atoms with Gasteiger partial charge in [-0.25, -0.2) is 0 Å². The van der Waals surface area contributed by atoms with Gasteiger partial charge >= 0.3 is 97.5 Å². The average Bonchev–Trinajstić information content (AvgIpc) is 2.77. The first kappa shape index (κ1) is 11.9. The first-order chi connectivity index (χ1) is 7.54. The predicted octanol–water partition coefficient (Wildman–Crippen LogP) is 0.900. The SMILES string of the molecule is Fc1c(F)c(F)c(C2=N[Se][Se][N]2)c(F)c1F. The van der Waals surface area contributed by atoms with Gasteiger partial charge in [0.05, 0.1) is 0 Å². The van der Waals surface area contributed by atoms with Crippen LogP contribution in [0.5, 0.6) is 0 Å². The second-order valence-electron chi connectivity index (χ2n) is 2.60. The second kappa shape index (κ2) is 4.33. The van der Waals surface area contributed by atoms with E-state index in [-0.39, 0.29) is 32.5 Å². The van der Waals surface area contributed by atoms with E-state index in [1.807, 2.05) is 0 Å². The van der Waals surface area contributed by atoms with Crippen molar-refractivity contribution in [2.75, 3.05) is 0 Å². The molecule has 1 heterocycles. The van der Waals surface area contributed by atoms with Gasteiger partial charge < -0.3 is 0 Å². The van der Waals surface area contributed by atoms with Crippen molar-refractivity contribution in [2.45, 2.75) is 0 Å². The Labute approximate surface area is 97.6 Å². The van der Waals surface area contributed by atoms with Crippen molar-refractivity contribution >= 4 is 32.5 Å². The summed E-state index contributed by atoms with van der Waals surface area (Å²) in [5, 5.41) is 0. The molecule has 1 aliphatic heterocycles. The number of benzene rings is 1. The Morgan fingerprint density at radius 1 is 0.688 bits per heavy atom. The number of halogens is 5. The molecule has 9 heteroatoms. The van der Waals surface area contributed by atoms with Gasteiger partial charge in [-0.2, -0.15) is 0 Å². The summed E-state index contributed by atoms with van der Waals surface area (Å²) >= 11 is -0.550. The fraction of sp³-hybridized carbons (Fsp3) is 0. The molecule has 1 aliphatic rings. The van der Waals surface area contributed by atoms with E-state index in [0.29, 0.717) is 0 Å². The van der Waals surface area contributed by atoms with Gasteiger partial charge in [-0.15, -0.1) is 0 Å². The molecule has 0 bridgehead atoms. The molecule has 0 spiro atoms. The molecular formula is C7F5N2Se2. The maximum absolute atomic E-state index is 13.2. The summed E-state index contributed by atoms with van der Waals surface area (Å²) in [6, 6.07) is 0. The molecule has 85 valence electrons. The molecule has 0 atom stereocenters. The van der Waals surface area contributed by atoms with Gasteiger partial charge in [0.2, 0.25) is 0 Å². The molecule has 1 radical (unpaired) electrons. The summed E-state index contributed by atoms with van der Waals surface area (Å²) in [4.78, 5) is 0. The van der Waals surface area contributed by atoms with Gasteiger partial charge in [-0.1, -0.05) is 0 Å². The molecule has 0 amide bonds. The number of hydrogen-bond donors (Lipinski definition) is 0. The molecule has 0 saturated heterocycles. The number of nitrogens with zero attached hydrogens (tertiary/aromatic N) is 2. The molecule has 2 rings (SSSR count). The Balaban J connectivity index is 2.69. The molecule has 0 unspecified atom stereocenters. The first-order valence-electron chi connectivity index (χ1n) is 3.67. The Morgan fingerprint density at radius 3 is 1.62 bits per heavy atom. The van der Waals surface area contributed by atoms with Crippen LogP contribution in [0.1, 0.15) is 5.56 Å². The van der Waals surface area contributed by atoms with Crippen molar-refractivity contribution in [3.05, 3.63) is 34.6 Å². The first-order valence-corrected chi connectivity index (χ1v) is 9.54. The van der Waals surface area contributed by atoms with Gasteiger partial charge in [-0.05, 0) is 0 Å². The monoisotopic (exact) mass is 367 g/mol. The Hall–Kier alpha value is -0.621. The van der Waals surface area contributed by atoms with E-state index in [9.17, 15) is 22.0 Å². The third kappa shape index (κ3) is 1.73. The van der Waals surface area contributed by atoms with Crippen molar-refractivity contribution in [3.63, 3.8) is 0 Å². The molecule has 0 aromatic heterocycles. The van der Waals surface area contributed by atoms with Gasteiger partial charge in [0.1, 0.15) is 0 Å². The van der Waals surface area contributed by atoms with Crippen LogP contribution in [0.25, 0.3) is 0 Å². The summed E-state index contributed by atoms with van der Waals surface area (Å²) < 4.78 is 72.0. The summed E-state index contributed by atoms with van der Waals surface area (Å²) in [5.74, 6) is -10.3. The fourth-order valence-electron chi connectivity index (χ4n) is 1.01.